The van der Waals surface area contributed by atoms with Crippen LogP contribution in [0, 0.1) is 5.92 Å². The van der Waals surface area contributed by atoms with E-state index in [1.165, 1.54) is 24.3 Å². The van der Waals surface area contributed by atoms with Crippen LogP contribution in [-0.2, 0) is 14.8 Å². The first-order chi connectivity index (χ1) is 18.7. The van der Waals surface area contributed by atoms with Crippen LogP contribution in [0.1, 0.15) is 54.6 Å². The van der Waals surface area contributed by atoms with Gasteiger partial charge in [0, 0.05) is 17.5 Å². The predicted octanol–water partition coefficient (Wildman–Crippen LogP) is 4.64. The Morgan fingerprint density at radius 3 is 2.44 bits per heavy atom. The minimum absolute atomic E-state index is 0.00124. The number of hydrogen-bond acceptors (Lipinski definition) is 5. The first kappa shape index (κ1) is 26.6. The van der Waals surface area contributed by atoms with Gasteiger partial charge in [0.2, 0.25) is 15.9 Å². The van der Waals surface area contributed by atoms with E-state index in [9.17, 15) is 23.1 Å². The van der Waals surface area contributed by atoms with Crippen molar-refractivity contribution in [1.29, 1.82) is 0 Å². The van der Waals surface area contributed by atoms with Gasteiger partial charge in [0.1, 0.15) is 5.82 Å². The first-order valence-corrected chi connectivity index (χ1v) is 14.4. The number of nitrogens with zero attached hydrogens (tertiary/aromatic N) is 1. The highest BCUT2D eigenvalue weighted by molar-refractivity contribution is 7.89. The summed E-state index contributed by atoms with van der Waals surface area (Å²) in [6.45, 7) is 1.96. The molecular weight excluding hydrogens is 516 g/mol. The molecule has 0 aliphatic heterocycles. The number of carboxylic acid groups (broad SMARTS) is 1. The zero-order valence-electron chi connectivity index (χ0n) is 21.4. The van der Waals surface area contributed by atoms with Crippen molar-refractivity contribution in [2.75, 3.05) is 0 Å². The second-order valence-electron chi connectivity index (χ2n) is 9.96. The zero-order valence-corrected chi connectivity index (χ0v) is 22.2. The lowest BCUT2D eigenvalue weighted by atomic mass is 9.85. The molecule has 1 unspecified atom stereocenters. The molecule has 1 fully saturated rings. The van der Waals surface area contributed by atoms with E-state index in [1.807, 2.05) is 37.3 Å². The van der Waals surface area contributed by atoms with Gasteiger partial charge in [0.15, 0.2) is 0 Å². The number of rotatable bonds is 8. The number of amides is 1. The van der Waals surface area contributed by atoms with Crippen LogP contribution in [0.4, 0.5) is 0 Å². The number of H-pyrrole nitrogens is 1. The van der Waals surface area contributed by atoms with Gasteiger partial charge < -0.3 is 15.4 Å². The number of imidazole rings is 1. The Balaban J connectivity index is 1.22. The number of carbonyl (C=O) groups excluding carboxylic acids is 1. The molecule has 9 nitrogen and oxygen atoms in total. The predicted molar refractivity (Wildman–Crippen MR) is 148 cm³/mol. The number of aromatic amines is 1. The van der Waals surface area contributed by atoms with Gasteiger partial charge in [-0.25, -0.2) is 22.9 Å². The fourth-order valence-corrected chi connectivity index (χ4v) is 6.33. The maximum absolute atomic E-state index is 13.2. The van der Waals surface area contributed by atoms with Gasteiger partial charge in [0.25, 0.3) is 0 Å². The van der Waals surface area contributed by atoms with E-state index in [4.69, 9.17) is 0 Å². The number of benzene rings is 3. The van der Waals surface area contributed by atoms with Crippen molar-refractivity contribution in [3.05, 3.63) is 83.9 Å². The summed E-state index contributed by atoms with van der Waals surface area (Å²) in [4.78, 5) is 31.8. The third-order valence-electron chi connectivity index (χ3n) is 7.23. The minimum Gasteiger partial charge on any atom is -0.478 e. The molecule has 4 N–H and O–H groups in total. The summed E-state index contributed by atoms with van der Waals surface area (Å²) in [6, 6.07) is 20.5. The SMILES string of the molecule is CC(NC(=O)C1CCC(NS(=O)(=O)c2ccc3[nH]c(-c4cccc(C(=O)O)c4)nc3c2)CC1)c1ccccc1. The number of aromatic carboxylic acids is 1. The maximum Gasteiger partial charge on any atom is 0.335 e. The summed E-state index contributed by atoms with van der Waals surface area (Å²) in [5.74, 6) is -0.727. The minimum atomic E-state index is -3.80. The average Bonchev–Trinajstić information content (AvgIpc) is 3.37. The molecule has 1 aliphatic carbocycles. The summed E-state index contributed by atoms with van der Waals surface area (Å²) in [5.41, 5.74) is 2.87. The Morgan fingerprint density at radius 1 is 0.974 bits per heavy atom. The fourth-order valence-electron chi connectivity index (χ4n) is 5.01. The smallest absolute Gasteiger partial charge is 0.335 e. The van der Waals surface area contributed by atoms with Crippen molar-refractivity contribution in [3.8, 4) is 11.4 Å². The van der Waals surface area contributed by atoms with Crippen molar-refractivity contribution >= 4 is 32.9 Å². The number of nitrogens with one attached hydrogen (secondary N) is 3. The van der Waals surface area contributed by atoms with Crippen molar-refractivity contribution < 1.29 is 23.1 Å². The standard InChI is InChI=1S/C29H30N4O5S/c1-18(19-6-3-2-4-7-19)30-28(34)20-10-12-23(13-11-20)33-39(37,38)24-14-15-25-26(17-24)32-27(31-25)21-8-5-9-22(16-21)29(35)36/h2-9,14-18,20,23,33H,10-13H2,1H3,(H,30,34)(H,31,32)(H,35,36). The first-order valence-electron chi connectivity index (χ1n) is 12.9. The molecule has 1 aromatic heterocycles. The van der Waals surface area contributed by atoms with Gasteiger partial charge in [-0.2, -0.15) is 0 Å². The van der Waals surface area contributed by atoms with Crippen molar-refractivity contribution in [3.63, 3.8) is 0 Å². The summed E-state index contributed by atoms with van der Waals surface area (Å²) >= 11 is 0. The Hall–Kier alpha value is -4.02. The van der Waals surface area contributed by atoms with Crippen molar-refractivity contribution in [1.82, 2.24) is 20.0 Å². The van der Waals surface area contributed by atoms with Gasteiger partial charge in [0.05, 0.1) is 27.5 Å². The van der Waals surface area contributed by atoms with E-state index in [1.54, 1.807) is 18.2 Å². The second-order valence-corrected chi connectivity index (χ2v) is 11.7. The lowest BCUT2D eigenvalue weighted by Gasteiger charge is -2.29. The van der Waals surface area contributed by atoms with Crippen LogP contribution in [0.5, 0.6) is 0 Å². The largest absolute Gasteiger partial charge is 0.478 e. The van der Waals surface area contributed by atoms with Crippen LogP contribution in [0.3, 0.4) is 0 Å². The Kier molecular flexibility index (Phi) is 7.49. The van der Waals surface area contributed by atoms with Gasteiger partial charge in [-0.3, -0.25) is 4.79 Å². The van der Waals surface area contributed by atoms with Gasteiger partial charge in [-0.1, -0.05) is 42.5 Å². The van der Waals surface area contributed by atoms with E-state index in [0.29, 0.717) is 48.1 Å². The second kappa shape index (κ2) is 11.0. The Morgan fingerprint density at radius 2 is 1.72 bits per heavy atom. The summed E-state index contributed by atoms with van der Waals surface area (Å²) in [6.07, 6.45) is 2.37. The topological polar surface area (TPSA) is 141 Å². The lowest BCUT2D eigenvalue weighted by Crippen LogP contribution is -2.41. The highest BCUT2D eigenvalue weighted by atomic mass is 32.2. The molecule has 1 heterocycles. The molecule has 0 bridgehead atoms. The third-order valence-corrected chi connectivity index (χ3v) is 8.74. The van der Waals surface area contributed by atoms with Crippen LogP contribution < -0.4 is 10.0 Å². The molecule has 0 spiro atoms. The highest BCUT2D eigenvalue weighted by Gasteiger charge is 2.30. The van der Waals surface area contributed by atoms with E-state index < -0.39 is 16.0 Å². The molecule has 4 aromatic rings. The summed E-state index contributed by atoms with van der Waals surface area (Å²) in [7, 11) is -3.80. The van der Waals surface area contributed by atoms with E-state index >= 15 is 0 Å². The summed E-state index contributed by atoms with van der Waals surface area (Å²) in [5, 5.41) is 12.3. The Bertz CT molecular complexity index is 1610. The number of carboxylic acids is 1. The fraction of sp³-hybridized carbons (Fsp3) is 0.276. The van der Waals surface area contributed by atoms with E-state index in [2.05, 4.69) is 20.0 Å². The quantitative estimate of drug-likeness (QED) is 0.254. The number of hydrogen-bond donors (Lipinski definition) is 4. The molecule has 202 valence electrons. The molecule has 39 heavy (non-hydrogen) atoms. The zero-order chi connectivity index (χ0) is 27.6. The number of fused-ring (bicyclic) bond motifs is 1. The average molecular weight is 547 g/mol. The molecule has 1 saturated carbocycles. The Labute approximate surface area is 226 Å². The number of aromatic nitrogens is 2. The maximum atomic E-state index is 13.2. The molecule has 3 aromatic carbocycles. The van der Waals surface area contributed by atoms with E-state index in [-0.39, 0.29) is 34.4 Å². The van der Waals surface area contributed by atoms with E-state index in [0.717, 1.165) is 5.56 Å². The normalized spacial score (nSPS) is 18.5. The number of carbonyl (C=O) groups is 2. The van der Waals surface area contributed by atoms with Crippen LogP contribution >= 0.6 is 0 Å². The van der Waals surface area contributed by atoms with Crippen LogP contribution in [0.15, 0.2) is 77.7 Å². The monoisotopic (exact) mass is 546 g/mol. The molecule has 0 saturated heterocycles. The van der Waals surface area contributed by atoms with Crippen LogP contribution in [-0.4, -0.2) is 41.4 Å². The highest BCUT2D eigenvalue weighted by Crippen LogP contribution is 2.28. The lowest BCUT2D eigenvalue weighted by molar-refractivity contribution is -0.126. The third kappa shape index (κ3) is 6.02. The van der Waals surface area contributed by atoms with Gasteiger partial charge >= 0.3 is 5.97 Å². The molecule has 0 radical (unpaired) electrons. The molecular formula is C29H30N4O5S. The summed E-state index contributed by atoms with van der Waals surface area (Å²) < 4.78 is 29.1. The van der Waals surface area contributed by atoms with Crippen LogP contribution in [0.2, 0.25) is 0 Å². The van der Waals surface area contributed by atoms with Crippen LogP contribution in [0.25, 0.3) is 22.4 Å². The molecule has 10 heteroatoms. The van der Waals surface area contributed by atoms with Gasteiger partial charge in [-0.15, -0.1) is 0 Å². The molecule has 1 amide bonds. The molecule has 1 aliphatic rings. The molecule has 1 atom stereocenters. The molecule has 5 rings (SSSR count). The van der Waals surface area contributed by atoms with Crippen molar-refractivity contribution in [2.45, 2.75) is 49.6 Å². The van der Waals surface area contributed by atoms with Crippen molar-refractivity contribution in [2.24, 2.45) is 5.92 Å². The van der Waals surface area contributed by atoms with Gasteiger partial charge in [-0.05, 0) is 68.5 Å². The number of sulfonamides is 1.